The molecule has 4 rings (SSSR count). The second-order valence-electron chi connectivity index (χ2n) is 7.72. The van der Waals surface area contributed by atoms with Gasteiger partial charge >= 0.3 is 0 Å². The van der Waals surface area contributed by atoms with Crippen LogP contribution >= 0.6 is 0 Å². The van der Waals surface area contributed by atoms with Gasteiger partial charge in [-0.3, -0.25) is 9.48 Å². The molecule has 1 atom stereocenters. The van der Waals surface area contributed by atoms with Crippen LogP contribution in [0.15, 0.2) is 30.3 Å². The zero-order valence-corrected chi connectivity index (χ0v) is 16.3. The summed E-state index contributed by atoms with van der Waals surface area (Å²) in [5, 5.41) is 8.43. The molecule has 1 aliphatic heterocycles. The Labute approximate surface area is 161 Å². The Kier molecular flexibility index (Phi) is 5.58. The average molecular weight is 367 g/mol. The van der Waals surface area contributed by atoms with E-state index in [4.69, 9.17) is 5.10 Å². The molecule has 1 saturated heterocycles. The lowest BCUT2D eigenvalue weighted by molar-refractivity contribution is 0.0785. The third-order valence-corrected chi connectivity index (χ3v) is 5.93. The first kappa shape index (κ1) is 18.2. The van der Waals surface area contributed by atoms with Crippen molar-refractivity contribution in [2.24, 2.45) is 0 Å². The molecule has 5 nitrogen and oxygen atoms in total. The van der Waals surface area contributed by atoms with E-state index in [9.17, 15) is 4.79 Å². The smallest absolute Gasteiger partial charge is 0.274 e. The molecule has 5 heteroatoms. The van der Waals surface area contributed by atoms with Gasteiger partial charge in [-0.15, -0.1) is 0 Å². The SMILES string of the molecule is CCn1nc(C(=O)N2CCCC2)c2c1CCC(NCCc1ccccc1)C2. The standard InChI is InChI=1S/C22H30N4O/c1-2-26-20-11-10-18(23-13-12-17-8-4-3-5-9-17)16-19(20)21(24-26)22(27)25-14-6-7-15-25/h3-5,8-9,18,23H,2,6-7,10-16H2,1H3. The van der Waals surface area contributed by atoms with Crippen LogP contribution in [-0.4, -0.2) is 46.3 Å². The van der Waals surface area contributed by atoms with E-state index in [0.29, 0.717) is 11.7 Å². The van der Waals surface area contributed by atoms with E-state index in [2.05, 4.69) is 47.3 Å². The zero-order chi connectivity index (χ0) is 18.6. The maximum Gasteiger partial charge on any atom is 0.274 e. The minimum Gasteiger partial charge on any atom is -0.337 e. The molecule has 1 amide bonds. The molecule has 0 saturated carbocycles. The molecular formula is C22H30N4O. The van der Waals surface area contributed by atoms with Gasteiger partial charge in [0, 0.05) is 36.9 Å². The van der Waals surface area contributed by atoms with Gasteiger partial charge in [-0.1, -0.05) is 30.3 Å². The molecule has 1 aromatic carbocycles. The number of hydrogen-bond acceptors (Lipinski definition) is 3. The monoisotopic (exact) mass is 366 g/mol. The minimum absolute atomic E-state index is 0.140. The predicted molar refractivity (Wildman–Crippen MR) is 107 cm³/mol. The van der Waals surface area contributed by atoms with Gasteiger partial charge in [0.2, 0.25) is 0 Å². The van der Waals surface area contributed by atoms with E-state index in [1.165, 1.54) is 16.8 Å². The number of hydrogen-bond donors (Lipinski definition) is 1. The molecular weight excluding hydrogens is 336 g/mol. The molecule has 1 aromatic heterocycles. The Morgan fingerprint density at radius 3 is 2.74 bits per heavy atom. The lowest BCUT2D eigenvalue weighted by Gasteiger charge is -2.25. The predicted octanol–water partition coefficient (Wildman–Crippen LogP) is 2.83. The number of nitrogens with zero attached hydrogens (tertiary/aromatic N) is 3. The fraction of sp³-hybridized carbons (Fsp3) is 0.545. The largest absolute Gasteiger partial charge is 0.337 e. The van der Waals surface area contributed by atoms with Gasteiger partial charge in [0.25, 0.3) is 5.91 Å². The van der Waals surface area contributed by atoms with Crippen molar-refractivity contribution < 1.29 is 4.79 Å². The summed E-state index contributed by atoms with van der Waals surface area (Å²) in [6.45, 7) is 5.68. The Morgan fingerprint density at radius 2 is 2.00 bits per heavy atom. The van der Waals surface area contributed by atoms with Crippen LogP contribution in [0.5, 0.6) is 0 Å². The molecule has 144 valence electrons. The lowest BCUT2D eigenvalue weighted by Crippen LogP contribution is -2.37. The van der Waals surface area contributed by atoms with E-state index in [-0.39, 0.29) is 5.91 Å². The molecule has 2 aliphatic rings. The van der Waals surface area contributed by atoms with Crippen molar-refractivity contribution in [3.05, 3.63) is 52.8 Å². The average Bonchev–Trinajstić information content (AvgIpc) is 3.36. The van der Waals surface area contributed by atoms with Gasteiger partial charge in [-0.2, -0.15) is 5.10 Å². The third kappa shape index (κ3) is 3.93. The number of amides is 1. The maximum absolute atomic E-state index is 13.0. The van der Waals surface area contributed by atoms with Crippen molar-refractivity contribution in [3.63, 3.8) is 0 Å². The summed E-state index contributed by atoms with van der Waals surface area (Å²) in [4.78, 5) is 15.0. The van der Waals surface area contributed by atoms with Crippen LogP contribution in [0.25, 0.3) is 0 Å². The van der Waals surface area contributed by atoms with Crippen molar-refractivity contribution >= 4 is 5.91 Å². The van der Waals surface area contributed by atoms with E-state index < -0.39 is 0 Å². The number of fused-ring (bicyclic) bond motifs is 1. The summed E-state index contributed by atoms with van der Waals surface area (Å²) in [6.07, 6.45) is 6.31. The molecule has 27 heavy (non-hydrogen) atoms. The first-order chi connectivity index (χ1) is 13.3. The highest BCUT2D eigenvalue weighted by Crippen LogP contribution is 2.27. The van der Waals surface area contributed by atoms with Crippen LogP contribution in [-0.2, 0) is 25.8 Å². The van der Waals surface area contributed by atoms with Crippen molar-refractivity contribution in [1.82, 2.24) is 20.0 Å². The number of aryl methyl sites for hydroxylation is 1. The Hall–Kier alpha value is -2.14. The summed E-state index contributed by atoms with van der Waals surface area (Å²) in [7, 11) is 0. The van der Waals surface area contributed by atoms with Crippen LogP contribution in [0.4, 0.5) is 0 Å². The van der Waals surface area contributed by atoms with Gasteiger partial charge in [0.05, 0.1) is 0 Å². The molecule has 1 unspecified atom stereocenters. The minimum atomic E-state index is 0.140. The van der Waals surface area contributed by atoms with Crippen LogP contribution in [0.3, 0.4) is 0 Å². The van der Waals surface area contributed by atoms with E-state index in [0.717, 1.165) is 64.7 Å². The summed E-state index contributed by atoms with van der Waals surface area (Å²) in [5.41, 5.74) is 4.55. The first-order valence-corrected chi connectivity index (χ1v) is 10.4. The van der Waals surface area contributed by atoms with Gasteiger partial charge in [-0.25, -0.2) is 0 Å². The van der Waals surface area contributed by atoms with Gasteiger partial charge < -0.3 is 10.2 Å². The molecule has 1 N–H and O–H groups in total. The van der Waals surface area contributed by atoms with Crippen molar-refractivity contribution in [2.45, 2.75) is 58.0 Å². The molecule has 2 heterocycles. The number of carbonyl (C=O) groups excluding carboxylic acids is 1. The molecule has 0 bridgehead atoms. The van der Waals surface area contributed by atoms with E-state index in [1.54, 1.807) is 0 Å². The summed E-state index contributed by atoms with van der Waals surface area (Å²) >= 11 is 0. The highest BCUT2D eigenvalue weighted by atomic mass is 16.2. The number of carbonyl (C=O) groups is 1. The quantitative estimate of drug-likeness (QED) is 0.855. The molecule has 2 aromatic rings. The molecule has 1 aliphatic carbocycles. The number of nitrogens with one attached hydrogen (secondary N) is 1. The first-order valence-electron chi connectivity index (χ1n) is 10.4. The normalized spacial score (nSPS) is 19.3. The van der Waals surface area contributed by atoms with Crippen LogP contribution < -0.4 is 5.32 Å². The summed E-state index contributed by atoms with van der Waals surface area (Å²) < 4.78 is 2.05. The number of aromatic nitrogens is 2. The van der Waals surface area contributed by atoms with E-state index >= 15 is 0 Å². The van der Waals surface area contributed by atoms with Crippen LogP contribution in [0.2, 0.25) is 0 Å². The van der Waals surface area contributed by atoms with Crippen molar-refractivity contribution in [3.8, 4) is 0 Å². The number of rotatable bonds is 6. The Morgan fingerprint density at radius 1 is 1.22 bits per heavy atom. The summed E-state index contributed by atoms with van der Waals surface area (Å²) in [5.74, 6) is 0.140. The molecule has 0 spiro atoms. The van der Waals surface area contributed by atoms with Gasteiger partial charge in [-0.05, 0) is 57.6 Å². The van der Waals surface area contributed by atoms with E-state index in [1.807, 2.05) is 4.90 Å². The fourth-order valence-corrected chi connectivity index (χ4v) is 4.43. The second kappa shape index (κ2) is 8.26. The highest BCUT2D eigenvalue weighted by molar-refractivity contribution is 5.94. The summed E-state index contributed by atoms with van der Waals surface area (Å²) in [6, 6.07) is 11.0. The molecule has 1 fully saturated rings. The fourth-order valence-electron chi connectivity index (χ4n) is 4.43. The Bertz CT molecular complexity index is 777. The van der Waals surface area contributed by atoms with Gasteiger partial charge in [0.1, 0.15) is 0 Å². The maximum atomic E-state index is 13.0. The Balaban J connectivity index is 1.44. The van der Waals surface area contributed by atoms with Crippen LogP contribution in [0, 0.1) is 0 Å². The number of benzene rings is 1. The number of likely N-dealkylation sites (tertiary alicyclic amines) is 1. The van der Waals surface area contributed by atoms with Crippen molar-refractivity contribution in [1.29, 1.82) is 0 Å². The topological polar surface area (TPSA) is 50.2 Å². The molecule has 0 radical (unpaired) electrons. The lowest BCUT2D eigenvalue weighted by atomic mass is 9.91. The van der Waals surface area contributed by atoms with Crippen LogP contribution in [0.1, 0.15) is 53.5 Å². The highest BCUT2D eigenvalue weighted by Gasteiger charge is 2.31. The second-order valence-corrected chi connectivity index (χ2v) is 7.72. The third-order valence-electron chi connectivity index (χ3n) is 5.93. The van der Waals surface area contributed by atoms with Gasteiger partial charge in [0.15, 0.2) is 5.69 Å². The van der Waals surface area contributed by atoms with Crippen molar-refractivity contribution in [2.75, 3.05) is 19.6 Å². The zero-order valence-electron chi connectivity index (χ0n) is 16.3.